The van der Waals surface area contributed by atoms with Crippen LogP contribution in [0.1, 0.15) is 25.3 Å². The van der Waals surface area contributed by atoms with Crippen molar-refractivity contribution in [2.24, 2.45) is 0 Å². The van der Waals surface area contributed by atoms with E-state index in [0.717, 1.165) is 30.6 Å². The molecule has 0 amide bonds. The van der Waals surface area contributed by atoms with Crippen LogP contribution in [0.15, 0.2) is 23.1 Å². The fourth-order valence-electron chi connectivity index (χ4n) is 3.26. The lowest BCUT2D eigenvalue weighted by Gasteiger charge is -2.24. The Bertz CT molecular complexity index is 630. The Morgan fingerprint density at radius 2 is 2.24 bits per heavy atom. The van der Waals surface area contributed by atoms with Crippen molar-refractivity contribution in [1.29, 1.82) is 0 Å². The average molecular weight is 310 g/mol. The Morgan fingerprint density at radius 3 is 3.00 bits per heavy atom. The highest BCUT2D eigenvalue weighted by molar-refractivity contribution is 7.89. The van der Waals surface area contributed by atoms with Gasteiger partial charge in [-0.05, 0) is 50.6 Å². The summed E-state index contributed by atoms with van der Waals surface area (Å²) >= 11 is 0. The molecule has 116 valence electrons. The molecular weight excluding hydrogens is 288 g/mol. The third-order valence-electron chi connectivity index (χ3n) is 4.24. The Balaban J connectivity index is 1.90. The molecular formula is C15H22N2O3S. The van der Waals surface area contributed by atoms with Crippen LogP contribution in [0.25, 0.3) is 0 Å². The smallest absolute Gasteiger partial charge is 0.243 e. The van der Waals surface area contributed by atoms with E-state index in [-0.39, 0.29) is 12.1 Å². The number of fused-ring (bicyclic) bond motifs is 1. The highest BCUT2D eigenvalue weighted by Crippen LogP contribution is 2.33. The largest absolute Gasteiger partial charge is 0.490 e. The molecule has 0 bridgehead atoms. The summed E-state index contributed by atoms with van der Waals surface area (Å²) in [6.45, 7) is 3.31. The van der Waals surface area contributed by atoms with E-state index >= 15 is 0 Å². The van der Waals surface area contributed by atoms with Gasteiger partial charge in [0.2, 0.25) is 10.0 Å². The third-order valence-corrected chi connectivity index (χ3v) is 6.18. The molecule has 6 heteroatoms. The van der Waals surface area contributed by atoms with Crippen LogP contribution in [0.5, 0.6) is 5.75 Å². The van der Waals surface area contributed by atoms with Gasteiger partial charge in [-0.25, -0.2) is 8.42 Å². The zero-order valence-electron chi connectivity index (χ0n) is 12.5. The van der Waals surface area contributed by atoms with Gasteiger partial charge in [0, 0.05) is 25.6 Å². The SMILES string of the molecule is CNCC1CCCN1S(=O)(=O)c1ccc2c(c1)CC(C)O2. The Morgan fingerprint density at radius 1 is 1.43 bits per heavy atom. The minimum Gasteiger partial charge on any atom is -0.490 e. The first-order valence-electron chi connectivity index (χ1n) is 7.48. The predicted octanol–water partition coefficient (Wildman–Crippen LogP) is 1.38. The van der Waals surface area contributed by atoms with E-state index in [2.05, 4.69) is 5.32 Å². The molecule has 0 radical (unpaired) electrons. The van der Waals surface area contributed by atoms with Gasteiger partial charge in [-0.2, -0.15) is 4.31 Å². The standard InChI is InChI=1S/C15H22N2O3S/c1-11-8-12-9-14(5-6-15(12)20-11)21(18,19)17-7-3-4-13(17)10-16-2/h5-6,9,11,13,16H,3-4,7-8,10H2,1-2H3. The van der Waals surface area contributed by atoms with Crippen molar-refractivity contribution < 1.29 is 13.2 Å². The minimum absolute atomic E-state index is 0.0587. The van der Waals surface area contributed by atoms with E-state index in [1.165, 1.54) is 0 Å². The van der Waals surface area contributed by atoms with Crippen molar-refractivity contribution >= 4 is 10.0 Å². The molecule has 1 fully saturated rings. The molecule has 2 atom stereocenters. The van der Waals surface area contributed by atoms with Gasteiger partial charge in [0.15, 0.2) is 0 Å². The van der Waals surface area contributed by atoms with Crippen LogP contribution < -0.4 is 10.1 Å². The lowest BCUT2D eigenvalue weighted by Crippen LogP contribution is -2.40. The van der Waals surface area contributed by atoms with Crippen molar-refractivity contribution in [2.75, 3.05) is 20.1 Å². The van der Waals surface area contributed by atoms with Crippen LogP contribution in [-0.4, -0.2) is 45.0 Å². The summed E-state index contributed by atoms with van der Waals surface area (Å²) in [7, 11) is -1.55. The second-order valence-electron chi connectivity index (χ2n) is 5.87. The van der Waals surface area contributed by atoms with Crippen molar-refractivity contribution in [3.05, 3.63) is 23.8 Å². The van der Waals surface area contributed by atoms with E-state index < -0.39 is 10.0 Å². The summed E-state index contributed by atoms with van der Waals surface area (Å²) in [6, 6.07) is 5.29. The number of nitrogens with one attached hydrogen (secondary N) is 1. The highest BCUT2D eigenvalue weighted by atomic mass is 32.2. The lowest BCUT2D eigenvalue weighted by atomic mass is 10.1. The normalized spacial score (nSPS) is 25.8. The van der Waals surface area contributed by atoms with Crippen LogP contribution in [0.4, 0.5) is 0 Å². The molecule has 2 aliphatic heterocycles. The van der Waals surface area contributed by atoms with Gasteiger partial charge in [-0.15, -0.1) is 0 Å². The second kappa shape index (κ2) is 5.59. The van der Waals surface area contributed by atoms with E-state index in [0.29, 0.717) is 18.0 Å². The summed E-state index contributed by atoms with van der Waals surface area (Å²) in [5, 5.41) is 3.08. The van der Waals surface area contributed by atoms with Gasteiger partial charge in [0.1, 0.15) is 11.9 Å². The molecule has 2 aliphatic rings. The molecule has 1 N–H and O–H groups in total. The molecule has 1 aromatic carbocycles. The molecule has 0 spiro atoms. The summed E-state index contributed by atoms with van der Waals surface area (Å²) in [4.78, 5) is 0.391. The fourth-order valence-corrected chi connectivity index (χ4v) is 5.00. The molecule has 1 saturated heterocycles. The van der Waals surface area contributed by atoms with E-state index in [4.69, 9.17) is 4.74 Å². The zero-order chi connectivity index (χ0) is 15.0. The number of ether oxygens (including phenoxy) is 1. The summed E-state index contributed by atoms with van der Waals surface area (Å²) in [6.07, 6.45) is 2.75. The maximum absolute atomic E-state index is 12.9. The quantitative estimate of drug-likeness (QED) is 0.913. The number of hydrogen-bond acceptors (Lipinski definition) is 4. The van der Waals surface area contributed by atoms with E-state index in [9.17, 15) is 8.42 Å². The molecule has 2 unspecified atom stereocenters. The molecule has 0 aromatic heterocycles. The topological polar surface area (TPSA) is 58.6 Å². The van der Waals surface area contributed by atoms with Crippen LogP contribution in [0.3, 0.4) is 0 Å². The molecule has 21 heavy (non-hydrogen) atoms. The number of hydrogen-bond donors (Lipinski definition) is 1. The van der Waals surface area contributed by atoms with Crippen molar-refractivity contribution in [1.82, 2.24) is 9.62 Å². The number of likely N-dealkylation sites (N-methyl/N-ethyl adjacent to an activating group) is 1. The monoisotopic (exact) mass is 310 g/mol. The average Bonchev–Trinajstić information content (AvgIpc) is 3.03. The Labute approximate surface area is 126 Å². The number of nitrogens with zero attached hydrogens (tertiary/aromatic N) is 1. The maximum atomic E-state index is 12.9. The molecule has 2 heterocycles. The molecule has 3 rings (SSSR count). The highest BCUT2D eigenvalue weighted by Gasteiger charge is 2.35. The van der Waals surface area contributed by atoms with Gasteiger partial charge < -0.3 is 10.1 Å². The van der Waals surface area contributed by atoms with Crippen LogP contribution >= 0.6 is 0 Å². The number of rotatable bonds is 4. The van der Waals surface area contributed by atoms with Crippen LogP contribution in [-0.2, 0) is 16.4 Å². The zero-order valence-corrected chi connectivity index (χ0v) is 13.3. The Kier molecular flexibility index (Phi) is 3.94. The van der Waals surface area contributed by atoms with Gasteiger partial charge in [-0.1, -0.05) is 0 Å². The molecule has 0 aliphatic carbocycles. The summed E-state index contributed by atoms with van der Waals surface area (Å²) < 4.78 is 33.0. The van der Waals surface area contributed by atoms with E-state index in [1.807, 2.05) is 14.0 Å². The first kappa shape index (κ1) is 14.8. The number of sulfonamides is 1. The van der Waals surface area contributed by atoms with Gasteiger partial charge in [0.05, 0.1) is 4.90 Å². The Hall–Kier alpha value is -1.11. The summed E-state index contributed by atoms with van der Waals surface area (Å²) in [5.41, 5.74) is 0.993. The van der Waals surface area contributed by atoms with Crippen LogP contribution in [0, 0.1) is 0 Å². The first-order chi connectivity index (χ1) is 10.0. The molecule has 5 nitrogen and oxygen atoms in total. The second-order valence-corrected chi connectivity index (χ2v) is 7.76. The van der Waals surface area contributed by atoms with Crippen molar-refractivity contribution in [2.45, 2.75) is 43.2 Å². The minimum atomic E-state index is -3.41. The van der Waals surface area contributed by atoms with E-state index in [1.54, 1.807) is 22.5 Å². The van der Waals surface area contributed by atoms with Crippen molar-refractivity contribution in [3.8, 4) is 5.75 Å². The first-order valence-corrected chi connectivity index (χ1v) is 8.92. The van der Waals surface area contributed by atoms with Crippen LogP contribution in [0.2, 0.25) is 0 Å². The predicted molar refractivity (Wildman–Crippen MR) is 81.1 cm³/mol. The maximum Gasteiger partial charge on any atom is 0.243 e. The van der Waals surface area contributed by atoms with Gasteiger partial charge >= 0.3 is 0 Å². The lowest BCUT2D eigenvalue weighted by molar-refractivity contribution is 0.254. The third kappa shape index (κ3) is 2.67. The van der Waals surface area contributed by atoms with Gasteiger partial charge in [0.25, 0.3) is 0 Å². The summed E-state index contributed by atoms with van der Waals surface area (Å²) in [5.74, 6) is 0.814. The fraction of sp³-hybridized carbons (Fsp3) is 0.600. The molecule has 1 aromatic rings. The number of benzene rings is 1. The molecule has 0 saturated carbocycles. The van der Waals surface area contributed by atoms with Gasteiger partial charge in [-0.3, -0.25) is 0 Å². The van der Waals surface area contributed by atoms with Crippen molar-refractivity contribution in [3.63, 3.8) is 0 Å².